The van der Waals surface area contributed by atoms with Crippen LogP contribution in [0, 0.1) is 0 Å². The Balaban J connectivity index is 0.00000220. The van der Waals surface area contributed by atoms with Crippen molar-refractivity contribution in [3.63, 3.8) is 0 Å². The Morgan fingerprint density at radius 1 is 1.43 bits per heavy atom. The second-order valence-corrected chi connectivity index (χ2v) is 6.60. The van der Waals surface area contributed by atoms with Gasteiger partial charge in [0.25, 0.3) is 0 Å². The van der Waals surface area contributed by atoms with Gasteiger partial charge in [-0.25, -0.2) is 0 Å². The topological polar surface area (TPSA) is 70.6 Å². The third kappa shape index (κ3) is 6.12. The first-order valence-electron chi connectivity index (χ1n) is 7.39. The van der Waals surface area contributed by atoms with E-state index in [-0.39, 0.29) is 30.5 Å². The van der Waals surface area contributed by atoms with Crippen LogP contribution in [-0.2, 0) is 5.60 Å². The van der Waals surface area contributed by atoms with E-state index in [4.69, 9.17) is 5.73 Å². The van der Waals surface area contributed by atoms with Crippen molar-refractivity contribution in [2.45, 2.75) is 57.1 Å². The van der Waals surface area contributed by atoms with E-state index in [0.717, 1.165) is 18.4 Å². The molecule has 1 aliphatic rings. The molecule has 4 N–H and O–H groups in total. The van der Waals surface area contributed by atoms with Gasteiger partial charge in [-0.15, -0.1) is 24.0 Å². The first kappa shape index (κ1) is 18.7. The number of aliphatic imine (C=N–C) groups is 1. The molecule has 0 amide bonds. The Labute approximate surface area is 148 Å². The summed E-state index contributed by atoms with van der Waals surface area (Å²) in [6, 6.07) is 2.36. The molecule has 1 atom stereocenters. The van der Waals surface area contributed by atoms with Crippen LogP contribution in [0.5, 0.6) is 0 Å². The van der Waals surface area contributed by atoms with E-state index in [0.29, 0.717) is 12.0 Å². The predicted octanol–water partition coefficient (Wildman–Crippen LogP) is 3.20. The van der Waals surface area contributed by atoms with E-state index in [1.54, 1.807) is 18.3 Å². The molecule has 0 aromatic carbocycles. The fraction of sp³-hybridized carbons (Fsp3) is 0.667. The van der Waals surface area contributed by atoms with Gasteiger partial charge in [-0.1, -0.05) is 25.7 Å². The highest BCUT2D eigenvalue weighted by atomic mass is 127. The smallest absolute Gasteiger partial charge is 0.188 e. The highest BCUT2D eigenvalue weighted by molar-refractivity contribution is 14.0. The molecule has 4 nitrogen and oxygen atoms in total. The van der Waals surface area contributed by atoms with Gasteiger partial charge in [-0.3, -0.25) is 4.99 Å². The molecule has 1 aliphatic carbocycles. The fourth-order valence-electron chi connectivity index (χ4n) is 2.58. The molecule has 2 rings (SSSR count). The zero-order chi connectivity index (χ0) is 14.4. The van der Waals surface area contributed by atoms with Crippen molar-refractivity contribution >= 4 is 41.3 Å². The number of aliphatic hydroxyl groups is 1. The second kappa shape index (κ2) is 8.95. The summed E-state index contributed by atoms with van der Waals surface area (Å²) >= 11 is 1.58. The van der Waals surface area contributed by atoms with Crippen LogP contribution in [0.25, 0.3) is 0 Å². The van der Waals surface area contributed by atoms with Crippen LogP contribution in [0.4, 0.5) is 0 Å². The van der Waals surface area contributed by atoms with Crippen LogP contribution in [0.2, 0.25) is 0 Å². The monoisotopic (exact) mass is 423 g/mol. The molecule has 6 heteroatoms. The number of hydrogen-bond acceptors (Lipinski definition) is 3. The van der Waals surface area contributed by atoms with Crippen LogP contribution in [0.3, 0.4) is 0 Å². The van der Waals surface area contributed by atoms with E-state index >= 15 is 0 Å². The van der Waals surface area contributed by atoms with Gasteiger partial charge in [-0.05, 0) is 42.2 Å². The maximum Gasteiger partial charge on any atom is 0.188 e. The lowest BCUT2D eigenvalue weighted by molar-refractivity contribution is 0.0677. The molecule has 1 fully saturated rings. The molecule has 0 radical (unpaired) electrons. The van der Waals surface area contributed by atoms with Crippen LogP contribution in [0.15, 0.2) is 21.8 Å². The summed E-state index contributed by atoms with van der Waals surface area (Å²) in [4.78, 5) is 4.31. The number of rotatable bonds is 4. The molecule has 0 saturated heterocycles. The number of thiophene rings is 1. The zero-order valence-corrected chi connectivity index (χ0v) is 15.7. The van der Waals surface area contributed by atoms with E-state index in [1.807, 2.05) is 16.8 Å². The molecule has 1 aromatic heterocycles. The molecular formula is C15H26IN3OS. The van der Waals surface area contributed by atoms with Crippen molar-refractivity contribution in [3.05, 3.63) is 22.4 Å². The van der Waals surface area contributed by atoms with Gasteiger partial charge >= 0.3 is 0 Å². The number of nitrogens with zero attached hydrogens (tertiary/aromatic N) is 1. The fourth-order valence-corrected chi connectivity index (χ4v) is 3.36. The Morgan fingerprint density at radius 2 is 2.10 bits per heavy atom. The Bertz CT molecular complexity index is 426. The number of nitrogens with one attached hydrogen (secondary N) is 1. The second-order valence-electron chi connectivity index (χ2n) is 5.82. The summed E-state index contributed by atoms with van der Waals surface area (Å²) in [5.74, 6) is 0.451. The molecule has 0 spiro atoms. The van der Waals surface area contributed by atoms with Crippen molar-refractivity contribution in [2.24, 2.45) is 10.7 Å². The molecule has 1 unspecified atom stereocenters. The van der Waals surface area contributed by atoms with Crippen LogP contribution in [-0.4, -0.2) is 23.7 Å². The third-order valence-corrected chi connectivity index (χ3v) is 4.59. The van der Waals surface area contributed by atoms with Gasteiger partial charge in [0.2, 0.25) is 0 Å². The van der Waals surface area contributed by atoms with Crippen LogP contribution < -0.4 is 11.1 Å². The highest BCUT2D eigenvalue weighted by Gasteiger charge is 2.23. The van der Waals surface area contributed by atoms with E-state index in [9.17, 15) is 5.11 Å². The molecule has 21 heavy (non-hydrogen) atoms. The van der Waals surface area contributed by atoms with Crippen molar-refractivity contribution in [1.29, 1.82) is 0 Å². The molecule has 120 valence electrons. The minimum absolute atomic E-state index is 0. The Kier molecular flexibility index (Phi) is 7.97. The first-order valence-corrected chi connectivity index (χ1v) is 8.34. The van der Waals surface area contributed by atoms with Crippen LogP contribution >= 0.6 is 35.3 Å². The van der Waals surface area contributed by atoms with Gasteiger partial charge in [0.05, 0.1) is 6.54 Å². The summed E-state index contributed by atoms with van der Waals surface area (Å²) in [6.07, 6.45) is 7.49. The summed E-state index contributed by atoms with van der Waals surface area (Å²) in [6.45, 7) is 2.06. The zero-order valence-electron chi connectivity index (χ0n) is 12.5. The third-order valence-electron chi connectivity index (χ3n) is 3.91. The number of guanidine groups is 1. The molecule has 1 heterocycles. The Morgan fingerprint density at radius 3 is 2.67 bits per heavy atom. The quantitative estimate of drug-likeness (QED) is 0.302. The summed E-state index contributed by atoms with van der Waals surface area (Å²) < 4.78 is 0. The lowest BCUT2D eigenvalue weighted by atomic mass is 10.00. The lowest BCUT2D eigenvalue weighted by Gasteiger charge is -2.21. The normalized spacial score (nSPS) is 20.2. The van der Waals surface area contributed by atoms with Gasteiger partial charge < -0.3 is 16.2 Å². The van der Waals surface area contributed by atoms with Gasteiger partial charge in [-0.2, -0.15) is 11.3 Å². The average Bonchev–Trinajstić information content (AvgIpc) is 2.85. The lowest BCUT2D eigenvalue weighted by Crippen LogP contribution is -2.40. The molecule has 0 bridgehead atoms. The van der Waals surface area contributed by atoms with E-state index in [1.165, 1.54) is 25.7 Å². The molecular weight excluding hydrogens is 397 g/mol. The van der Waals surface area contributed by atoms with Crippen molar-refractivity contribution in [2.75, 3.05) is 6.54 Å². The summed E-state index contributed by atoms with van der Waals surface area (Å²) in [7, 11) is 0. The highest BCUT2D eigenvalue weighted by Crippen LogP contribution is 2.23. The largest absolute Gasteiger partial charge is 0.383 e. The van der Waals surface area contributed by atoms with Crippen molar-refractivity contribution in [1.82, 2.24) is 5.32 Å². The predicted molar refractivity (Wildman–Crippen MR) is 100 cm³/mol. The first-order chi connectivity index (χ1) is 9.58. The minimum atomic E-state index is -0.949. The van der Waals surface area contributed by atoms with E-state index < -0.39 is 5.60 Å². The molecule has 0 aliphatic heterocycles. The number of halogens is 1. The van der Waals surface area contributed by atoms with Gasteiger partial charge in [0.15, 0.2) is 5.96 Å². The van der Waals surface area contributed by atoms with Crippen LogP contribution in [0.1, 0.15) is 51.0 Å². The van der Waals surface area contributed by atoms with Gasteiger partial charge in [0.1, 0.15) is 5.60 Å². The average molecular weight is 423 g/mol. The molecule has 1 saturated carbocycles. The number of hydrogen-bond donors (Lipinski definition) is 3. The van der Waals surface area contributed by atoms with Crippen molar-refractivity contribution < 1.29 is 5.11 Å². The van der Waals surface area contributed by atoms with Gasteiger partial charge in [0, 0.05) is 6.04 Å². The summed E-state index contributed by atoms with van der Waals surface area (Å²) in [5.41, 5.74) is 5.89. The maximum absolute atomic E-state index is 10.4. The number of nitrogens with two attached hydrogens (primary N) is 1. The maximum atomic E-state index is 10.4. The summed E-state index contributed by atoms with van der Waals surface area (Å²) in [5, 5.41) is 17.6. The van der Waals surface area contributed by atoms with Crippen molar-refractivity contribution in [3.8, 4) is 0 Å². The molecule has 1 aromatic rings. The van der Waals surface area contributed by atoms with E-state index in [2.05, 4.69) is 10.3 Å². The SMILES string of the molecule is CC(O)(CN=C(N)NC1CCCCCC1)c1ccsc1.I. The standard InChI is InChI=1S/C15H25N3OS.HI/c1-15(19,12-8-9-20-10-12)11-17-14(16)18-13-6-4-2-3-5-7-13;/h8-10,13,19H,2-7,11H2,1H3,(H3,16,17,18);1H. The Hall–Kier alpha value is -0.340. The minimum Gasteiger partial charge on any atom is -0.383 e.